The van der Waals surface area contributed by atoms with E-state index in [2.05, 4.69) is 15.2 Å². The lowest BCUT2D eigenvalue weighted by molar-refractivity contribution is -0.137. The van der Waals surface area contributed by atoms with Gasteiger partial charge in [-0.25, -0.2) is 4.98 Å². The number of hydrogen-bond acceptors (Lipinski definition) is 4. The average Bonchev–Trinajstić information content (AvgIpc) is 3.13. The predicted octanol–water partition coefficient (Wildman–Crippen LogP) is 2.73. The minimum absolute atomic E-state index is 0.0928. The Hall–Kier alpha value is -2.58. The lowest BCUT2D eigenvalue weighted by atomic mass is 10.2. The molecule has 25 heavy (non-hydrogen) atoms. The SMILES string of the molecule is Cc1n[nH]c(C)c1C(=O)N1CC[C@@H](Oc2cc(C(F)(F)F)ccn2)C1. The number of pyridine rings is 1. The van der Waals surface area contributed by atoms with E-state index in [4.69, 9.17) is 4.74 Å². The molecule has 0 aliphatic carbocycles. The molecule has 6 nitrogen and oxygen atoms in total. The Morgan fingerprint density at radius 3 is 2.80 bits per heavy atom. The fourth-order valence-electron chi connectivity index (χ4n) is 2.85. The van der Waals surface area contributed by atoms with Crippen LogP contribution in [0.25, 0.3) is 0 Å². The summed E-state index contributed by atoms with van der Waals surface area (Å²) in [7, 11) is 0. The highest BCUT2D eigenvalue weighted by atomic mass is 19.4. The number of aromatic nitrogens is 3. The molecule has 0 spiro atoms. The molecule has 9 heteroatoms. The van der Waals surface area contributed by atoms with Gasteiger partial charge in [-0.2, -0.15) is 18.3 Å². The number of carbonyl (C=O) groups is 1. The van der Waals surface area contributed by atoms with Gasteiger partial charge in [0.25, 0.3) is 5.91 Å². The van der Waals surface area contributed by atoms with E-state index in [1.54, 1.807) is 18.7 Å². The smallest absolute Gasteiger partial charge is 0.416 e. The number of nitrogens with one attached hydrogen (secondary N) is 1. The van der Waals surface area contributed by atoms with Crippen LogP contribution in [0.3, 0.4) is 0 Å². The second-order valence-corrected chi connectivity index (χ2v) is 5.97. The minimum Gasteiger partial charge on any atom is -0.472 e. The number of carbonyl (C=O) groups excluding carboxylic acids is 1. The summed E-state index contributed by atoms with van der Waals surface area (Å²) in [5, 5.41) is 6.78. The van der Waals surface area contributed by atoms with Gasteiger partial charge < -0.3 is 9.64 Å². The molecule has 1 fully saturated rings. The van der Waals surface area contributed by atoms with Crippen molar-refractivity contribution in [1.82, 2.24) is 20.1 Å². The molecular weight excluding hydrogens is 337 g/mol. The largest absolute Gasteiger partial charge is 0.472 e. The molecular formula is C16H17F3N4O2. The Morgan fingerprint density at radius 2 is 2.16 bits per heavy atom. The Labute approximate surface area is 142 Å². The number of likely N-dealkylation sites (tertiary alicyclic amines) is 1. The van der Waals surface area contributed by atoms with E-state index >= 15 is 0 Å². The van der Waals surface area contributed by atoms with Gasteiger partial charge in [0, 0.05) is 30.9 Å². The van der Waals surface area contributed by atoms with Crippen molar-refractivity contribution >= 4 is 5.91 Å². The average molecular weight is 354 g/mol. The van der Waals surface area contributed by atoms with Crippen molar-refractivity contribution in [2.75, 3.05) is 13.1 Å². The number of ether oxygens (including phenoxy) is 1. The summed E-state index contributed by atoms with van der Waals surface area (Å²) >= 11 is 0. The number of aryl methyl sites for hydroxylation is 2. The van der Waals surface area contributed by atoms with Crippen molar-refractivity contribution in [3.63, 3.8) is 0 Å². The molecule has 2 aromatic heterocycles. The number of aromatic amines is 1. The van der Waals surface area contributed by atoms with Crippen LogP contribution in [-0.4, -0.2) is 45.2 Å². The lowest BCUT2D eigenvalue weighted by Crippen LogP contribution is -2.31. The Kier molecular flexibility index (Phi) is 4.40. The highest BCUT2D eigenvalue weighted by Gasteiger charge is 2.33. The molecule has 1 atom stereocenters. The fourth-order valence-corrected chi connectivity index (χ4v) is 2.85. The van der Waals surface area contributed by atoms with Crippen molar-refractivity contribution in [3.05, 3.63) is 40.8 Å². The summed E-state index contributed by atoms with van der Waals surface area (Å²) < 4.78 is 43.8. The maximum absolute atomic E-state index is 12.7. The van der Waals surface area contributed by atoms with Crippen LogP contribution in [0, 0.1) is 13.8 Å². The maximum atomic E-state index is 12.7. The van der Waals surface area contributed by atoms with Crippen molar-refractivity contribution in [2.45, 2.75) is 32.5 Å². The summed E-state index contributed by atoms with van der Waals surface area (Å²) in [5.41, 5.74) is 1.02. The van der Waals surface area contributed by atoms with E-state index in [9.17, 15) is 18.0 Å². The number of nitrogens with zero attached hydrogens (tertiary/aromatic N) is 3. The quantitative estimate of drug-likeness (QED) is 0.920. The van der Waals surface area contributed by atoms with Gasteiger partial charge >= 0.3 is 6.18 Å². The van der Waals surface area contributed by atoms with Crippen LogP contribution in [0.5, 0.6) is 5.88 Å². The van der Waals surface area contributed by atoms with Crippen molar-refractivity contribution < 1.29 is 22.7 Å². The molecule has 2 aromatic rings. The van der Waals surface area contributed by atoms with E-state index in [0.717, 1.165) is 18.3 Å². The van der Waals surface area contributed by atoms with Gasteiger partial charge in [0.2, 0.25) is 5.88 Å². The number of halogens is 3. The summed E-state index contributed by atoms with van der Waals surface area (Å²) in [6.45, 7) is 4.27. The minimum atomic E-state index is -4.45. The number of alkyl halides is 3. The highest BCUT2D eigenvalue weighted by molar-refractivity contribution is 5.96. The molecule has 0 bridgehead atoms. The van der Waals surface area contributed by atoms with Crippen LogP contribution in [0.15, 0.2) is 18.3 Å². The monoisotopic (exact) mass is 354 g/mol. The maximum Gasteiger partial charge on any atom is 0.416 e. The number of amides is 1. The van der Waals surface area contributed by atoms with Gasteiger partial charge in [0.1, 0.15) is 6.10 Å². The Balaban J connectivity index is 1.67. The molecule has 3 rings (SSSR count). The molecule has 0 radical (unpaired) electrons. The van der Waals surface area contributed by atoms with Gasteiger partial charge in [0.05, 0.1) is 23.4 Å². The molecule has 1 aliphatic rings. The normalized spacial score (nSPS) is 17.8. The van der Waals surface area contributed by atoms with Crippen LogP contribution in [0.4, 0.5) is 13.2 Å². The lowest BCUT2D eigenvalue weighted by Gasteiger charge is -2.17. The predicted molar refractivity (Wildman–Crippen MR) is 82.2 cm³/mol. The van der Waals surface area contributed by atoms with Crippen LogP contribution in [0.1, 0.15) is 33.7 Å². The van der Waals surface area contributed by atoms with Crippen molar-refractivity contribution in [2.24, 2.45) is 0 Å². The Morgan fingerprint density at radius 1 is 1.40 bits per heavy atom. The molecule has 1 N–H and O–H groups in total. The van der Waals surface area contributed by atoms with Gasteiger partial charge in [-0.15, -0.1) is 0 Å². The Bertz CT molecular complexity index is 768. The molecule has 0 saturated carbocycles. The third-order valence-electron chi connectivity index (χ3n) is 4.12. The molecule has 3 heterocycles. The summed E-state index contributed by atoms with van der Waals surface area (Å²) in [6.07, 6.45) is -3.25. The third kappa shape index (κ3) is 3.59. The van der Waals surface area contributed by atoms with Gasteiger partial charge in [-0.1, -0.05) is 0 Å². The van der Waals surface area contributed by atoms with E-state index in [0.29, 0.717) is 36.5 Å². The first kappa shape index (κ1) is 17.2. The highest BCUT2D eigenvalue weighted by Crippen LogP contribution is 2.31. The standard InChI is InChI=1S/C16H17F3N4O2/c1-9-14(10(2)22-21-9)15(24)23-6-4-12(8-23)25-13-7-11(3-5-20-13)16(17,18)19/h3,5,7,12H,4,6,8H2,1-2H3,(H,21,22)/t12-/m1/s1. The van der Waals surface area contributed by atoms with Crippen LogP contribution < -0.4 is 4.74 Å². The van der Waals surface area contributed by atoms with Crippen LogP contribution in [-0.2, 0) is 6.18 Å². The van der Waals surface area contributed by atoms with E-state index in [1.165, 1.54) is 0 Å². The van der Waals surface area contributed by atoms with Crippen molar-refractivity contribution in [3.8, 4) is 5.88 Å². The second kappa shape index (κ2) is 6.38. The van der Waals surface area contributed by atoms with Crippen molar-refractivity contribution in [1.29, 1.82) is 0 Å². The van der Waals surface area contributed by atoms with E-state index < -0.39 is 17.8 Å². The summed E-state index contributed by atoms with van der Waals surface area (Å²) in [4.78, 5) is 18.0. The second-order valence-electron chi connectivity index (χ2n) is 5.97. The summed E-state index contributed by atoms with van der Waals surface area (Å²) in [6, 6.07) is 1.76. The zero-order valence-electron chi connectivity index (χ0n) is 13.7. The molecule has 0 aromatic carbocycles. The van der Waals surface area contributed by atoms with Gasteiger partial charge in [0.15, 0.2) is 0 Å². The first-order valence-corrected chi connectivity index (χ1v) is 7.76. The van der Waals surface area contributed by atoms with E-state index in [1.807, 2.05) is 0 Å². The zero-order chi connectivity index (χ0) is 18.2. The molecule has 1 amide bonds. The molecule has 0 unspecified atom stereocenters. The number of H-pyrrole nitrogens is 1. The topological polar surface area (TPSA) is 71.1 Å². The molecule has 1 saturated heterocycles. The number of rotatable bonds is 3. The first-order chi connectivity index (χ1) is 11.8. The van der Waals surface area contributed by atoms with E-state index in [-0.39, 0.29) is 11.8 Å². The van der Waals surface area contributed by atoms with Gasteiger partial charge in [-0.05, 0) is 19.9 Å². The first-order valence-electron chi connectivity index (χ1n) is 7.76. The molecule has 134 valence electrons. The zero-order valence-corrected chi connectivity index (χ0v) is 13.7. The van der Waals surface area contributed by atoms with Crippen LogP contribution in [0.2, 0.25) is 0 Å². The summed E-state index contributed by atoms with van der Waals surface area (Å²) in [5.74, 6) is -0.253. The molecule has 1 aliphatic heterocycles. The third-order valence-corrected chi connectivity index (χ3v) is 4.12. The number of hydrogen-bond donors (Lipinski definition) is 1. The van der Waals surface area contributed by atoms with Gasteiger partial charge in [-0.3, -0.25) is 9.89 Å². The fraction of sp³-hybridized carbons (Fsp3) is 0.438. The van der Waals surface area contributed by atoms with Crippen LogP contribution >= 0.6 is 0 Å².